The van der Waals surface area contributed by atoms with Crippen molar-refractivity contribution < 1.29 is 10.2 Å². The van der Waals surface area contributed by atoms with Gasteiger partial charge in [0.25, 0.3) is 0 Å². The molecule has 0 spiro atoms. The normalized spacial score (nSPS) is 26.1. The number of rotatable bonds is 5. The Bertz CT molecular complexity index is 226. The summed E-state index contributed by atoms with van der Waals surface area (Å²) in [7, 11) is 0. The highest BCUT2D eigenvalue weighted by Crippen LogP contribution is 2.15. The third-order valence-corrected chi connectivity index (χ3v) is 3.27. The van der Waals surface area contributed by atoms with E-state index in [0.29, 0.717) is 6.04 Å². The summed E-state index contributed by atoms with van der Waals surface area (Å²) in [5, 5.41) is 19.3. The van der Waals surface area contributed by atoms with Crippen molar-refractivity contribution in [2.24, 2.45) is 0 Å². The lowest BCUT2D eigenvalue weighted by molar-refractivity contribution is -0.00992. The van der Waals surface area contributed by atoms with E-state index >= 15 is 0 Å². The molecule has 4 heteroatoms. The lowest BCUT2D eigenvalue weighted by atomic mass is 10.1. The van der Waals surface area contributed by atoms with Gasteiger partial charge in [-0.1, -0.05) is 6.92 Å². The quantitative estimate of drug-likeness (QED) is 0.741. The molecule has 1 heterocycles. The van der Waals surface area contributed by atoms with E-state index in [1.165, 1.54) is 0 Å². The number of β-amino-alcohol motifs (C(OH)–C–C–N with tert-alkyl or cyclic N) is 2. The molecule has 1 rings (SSSR count). The Kier molecular flexibility index (Phi) is 5.38. The van der Waals surface area contributed by atoms with E-state index in [4.69, 9.17) is 0 Å². The van der Waals surface area contributed by atoms with Crippen molar-refractivity contribution >= 4 is 0 Å². The lowest BCUT2D eigenvalue weighted by Crippen LogP contribution is -2.56. The molecule has 4 nitrogen and oxygen atoms in total. The minimum absolute atomic E-state index is 0.259. The van der Waals surface area contributed by atoms with Crippen molar-refractivity contribution in [3.05, 3.63) is 0 Å². The van der Waals surface area contributed by atoms with Gasteiger partial charge in [0, 0.05) is 38.8 Å². The van der Waals surface area contributed by atoms with E-state index < -0.39 is 5.60 Å². The topological polar surface area (TPSA) is 46.9 Å². The van der Waals surface area contributed by atoms with Crippen LogP contribution in [0.2, 0.25) is 0 Å². The molecule has 0 bridgehead atoms. The zero-order valence-electron chi connectivity index (χ0n) is 11.7. The molecule has 0 radical (unpaired) electrons. The van der Waals surface area contributed by atoms with Crippen molar-refractivity contribution in [1.82, 2.24) is 9.80 Å². The average Bonchev–Trinajstić information content (AvgIpc) is 2.17. The molecule has 1 fully saturated rings. The third kappa shape index (κ3) is 5.34. The second-order valence-electron chi connectivity index (χ2n) is 5.95. The SMILES string of the molecule is CC[C@@H]1CN(CC(C)(C)O)CCN1C[C@H](C)O. The van der Waals surface area contributed by atoms with E-state index in [1.54, 1.807) is 0 Å². The highest BCUT2D eigenvalue weighted by atomic mass is 16.3. The monoisotopic (exact) mass is 244 g/mol. The van der Waals surface area contributed by atoms with Crippen LogP contribution in [0.15, 0.2) is 0 Å². The molecule has 0 amide bonds. The molecule has 0 aromatic carbocycles. The molecule has 0 unspecified atom stereocenters. The molecular weight excluding hydrogens is 216 g/mol. The van der Waals surface area contributed by atoms with Gasteiger partial charge in [-0.05, 0) is 27.2 Å². The Balaban J connectivity index is 2.48. The van der Waals surface area contributed by atoms with Crippen molar-refractivity contribution in [2.75, 3.05) is 32.7 Å². The van der Waals surface area contributed by atoms with Crippen LogP contribution >= 0.6 is 0 Å². The number of aliphatic hydroxyl groups excluding tert-OH is 1. The zero-order chi connectivity index (χ0) is 13.1. The molecule has 2 N–H and O–H groups in total. The molecule has 1 saturated heterocycles. The standard InChI is InChI=1S/C13H28N2O2/c1-5-12-9-14(10-13(3,4)17)6-7-15(12)8-11(2)16/h11-12,16-17H,5-10H2,1-4H3/t11-,12+/m0/s1. The summed E-state index contributed by atoms with van der Waals surface area (Å²) in [6, 6.07) is 0.501. The molecule has 2 atom stereocenters. The van der Waals surface area contributed by atoms with Gasteiger partial charge in [-0.3, -0.25) is 9.80 Å². The van der Waals surface area contributed by atoms with Crippen LogP contribution in [0.5, 0.6) is 0 Å². The van der Waals surface area contributed by atoms with E-state index in [-0.39, 0.29) is 6.10 Å². The maximum atomic E-state index is 9.84. The zero-order valence-corrected chi connectivity index (χ0v) is 11.7. The van der Waals surface area contributed by atoms with Gasteiger partial charge in [0.05, 0.1) is 11.7 Å². The highest BCUT2D eigenvalue weighted by Gasteiger charge is 2.28. The first-order valence-electron chi connectivity index (χ1n) is 6.68. The summed E-state index contributed by atoms with van der Waals surface area (Å²) in [5.41, 5.74) is -0.620. The number of nitrogens with zero attached hydrogens (tertiary/aromatic N) is 2. The minimum atomic E-state index is -0.620. The van der Waals surface area contributed by atoms with Gasteiger partial charge in [0.1, 0.15) is 0 Å². The highest BCUT2D eigenvalue weighted by molar-refractivity contribution is 4.84. The van der Waals surface area contributed by atoms with E-state index in [2.05, 4.69) is 16.7 Å². The first kappa shape index (κ1) is 14.9. The Morgan fingerprint density at radius 1 is 1.35 bits per heavy atom. The second kappa shape index (κ2) is 6.14. The van der Waals surface area contributed by atoms with Crippen molar-refractivity contribution in [2.45, 2.75) is 51.9 Å². The molecule has 102 valence electrons. The molecule has 0 aromatic rings. The molecular formula is C13H28N2O2. The van der Waals surface area contributed by atoms with Gasteiger partial charge >= 0.3 is 0 Å². The maximum absolute atomic E-state index is 9.84. The fourth-order valence-electron chi connectivity index (χ4n) is 2.62. The van der Waals surface area contributed by atoms with Crippen molar-refractivity contribution in [1.29, 1.82) is 0 Å². The predicted molar refractivity (Wildman–Crippen MR) is 70.1 cm³/mol. The van der Waals surface area contributed by atoms with Crippen LogP contribution in [-0.4, -0.2) is 70.5 Å². The van der Waals surface area contributed by atoms with Crippen LogP contribution in [0.1, 0.15) is 34.1 Å². The summed E-state index contributed by atoms with van der Waals surface area (Å²) in [5.74, 6) is 0. The van der Waals surface area contributed by atoms with Crippen molar-refractivity contribution in [3.63, 3.8) is 0 Å². The first-order valence-corrected chi connectivity index (χ1v) is 6.68. The van der Waals surface area contributed by atoms with Crippen LogP contribution in [-0.2, 0) is 0 Å². The number of hydrogen-bond acceptors (Lipinski definition) is 4. The van der Waals surface area contributed by atoms with Crippen LogP contribution in [0.3, 0.4) is 0 Å². The lowest BCUT2D eigenvalue weighted by Gasteiger charge is -2.43. The molecule has 17 heavy (non-hydrogen) atoms. The summed E-state index contributed by atoms with van der Waals surface area (Å²) < 4.78 is 0. The predicted octanol–water partition coefficient (Wildman–Crippen LogP) is 0.534. The number of piperazine rings is 1. The van der Waals surface area contributed by atoms with Gasteiger partial charge in [0.15, 0.2) is 0 Å². The molecule has 0 aromatic heterocycles. The Morgan fingerprint density at radius 2 is 2.00 bits per heavy atom. The first-order chi connectivity index (χ1) is 7.81. The van der Waals surface area contributed by atoms with Gasteiger partial charge < -0.3 is 10.2 Å². The Labute approximate surface area is 105 Å². The summed E-state index contributed by atoms with van der Waals surface area (Å²) in [6.07, 6.45) is 0.833. The smallest absolute Gasteiger partial charge is 0.0718 e. The third-order valence-electron chi connectivity index (χ3n) is 3.27. The van der Waals surface area contributed by atoms with E-state index in [1.807, 2.05) is 20.8 Å². The molecule has 0 saturated carbocycles. The van der Waals surface area contributed by atoms with E-state index in [9.17, 15) is 10.2 Å². The van der Waals surface area contributed by atoms with Crippen molar-refractivity contribution in [3.8, 4) is 0 Å². The van der Waals surface area contributed by atoms with Gasteiger partial charge in [-0.15, -0.1) is 0 Å². The van der Waals surface area contributed by atoms with Crippen LogP contribution in [0.25, 0.3) is 0 Å². The minimum Gasteiger partial charge on any atom is -0.392 e. The number of hydrogen-bond donors (Lipinski definition) is 2. The van der Waals surface area contributed by atoms with Gasteiger partial charge in [-0.2, -0.15) is 0 Å². The van der Waals surface area contributed by atoms with Gasteiger partial charge in [0.2, 0.25) is 0 Å². The molecule has 1 aliphatic rings. The van der Waals surface area contributed by atoms with Crippen LogP contribution in [0, 0.1) is 0 Å². The maximum Gasteiger partial charge on any atom is 0.0718 e. The molecule has 0 aliphatic carbocycles. The largest absolute Gasteiger partial charge is 0.392 e. The number of aliphatic hydroxyl groups is 2. The fraction of sp³-hybridized carbons (Fsp3) is 1.00. The van der Waals surface area contributed by atoms with Crippen LogP contribution in [0.4, 0.5) is 0 Å². The summed E-state index contributed by atoms with van der Waals surface area (Å²) in [4.78, 5) is 4.69. The fourth-order valence-corrected chi connectivity index (χ4v) is 2.62. The van der Waals surface area contributed by atoms with Gasteiger partial charge in [-0.25, -0.2) is 0 Å². The second-order valence-corrected chi connectivity index (χ2v) is 5.95. The van der Waals surface area contributed by atoms with Crippen LogP contribution < -0.4 is 0 Å². The molecule has 1 aliphatic heterocycles. The Morgan fingerprint density at radius 3 is 2.47 bits per heavy atom. The summed E-state index contributed by atoms with van der Waals surface area (Å²) >= 11 is 0. The van der Waals surface area contributed by atoms with E-state index in [0.717, 1.165) is 39.1 Å². The average molecular weight is 244 g/mol. The summed E-state index contributed by atoms with van der Waals surface area (Å²) in [6.45, 7) is 12.2. The Hall–Kier alpha value is -0.160.